The molecule has 1 aromatic heterocycles. The van der Waals surface area contributed by atoms with E-state index < -0.39 is 5.69 Å². The molecule has 0 amide bonds. The second-order valence-corrected chi connectivity index (χ2v) is 5.80. The number of hydrogen-bond acceptors (Lipinski definition) is 3. The largest absolute Gasteiger partial charge is 0.493 e. The number of benzene rings is 1. The number of aromatic hydroxyl groups is 1. The first-order chi connectivity index (χ1) is 9.02. The average molecular weight is 319 g/mol. The molecular formula is C12H12Cl2N2O2S. The van der Waals surface area contributed by atoms with Crippen molar-refractivity contribution in [3.8, 4) is 11.6 Å². The summed E-state index contributed by atoms with van der Waals surface area (Å²) in [5.74, 6) is 0.710. The number of thioether (sulfide) groups is 1. The molecule has 1 aromatic carbocycles. The Labute approximate surface area is 124 Å². The molecule has 0 bridgehead atoms. The van der Waals surface area contributed by atoms with Crippen LogP contribution in [0.4, 0.5) is 0 Å². The van der Waals surface area contributed by atoms with E-state index in [1.807, 2.05) is 6.26 Å². The first-order valence-corrected chi connectivity index (χ1v) is 7.66. The van der Waals surface area contributed by atoms with Gasteiger partial charge in [-0.05, 0) is 30.2 Å². The van der Waals surface area contributed by atoms with E-state index in [4.69, 9.17) is 23.2 Å². The molecule has 1 heterocycles. The van der Waals surface area contributed by atoms with Crippen molar-refractivity contribution in [2.45, 2.75) is 6.42 Å². The summed E-state index contributed by atoms with van der Waals surface area (Å²) in [6, 6.07) is 4.71. The molecule has 4 nitrogen and oxygen atoms in total. The lowest BCUT2D eigenvalue weighted by molar-refractivity contribution is 0.435. The van der Waals surface area contributed by atoms with E-state index >= 15 is 0 Å². The minimum absolute atomic E-state index is 0.0996. The van der Waals surface area contributed by atoms with Gasteiger partial charge in [-0.2, -0.15) is 11.8 Å². The van der Waals surface area contributed by atoms with Crippen LogP contribution in [-0.2, 0) is 6.42 Å². The lowest BCUT2D eigenvalue weighted by Crippen LogP contribution is -2.14. The fourth-order valence-electron chi connectivity index (χ4n) is 1.76. The highest BCUT2D eigenvalue weighted by molar-refractivity contribution is 7.98. The van der Waals surface area contributed by atoms with Gasteiger partial charge in [0.2, 0.25) is 5.88 Å². The van der Waals surface area contributed by atoms with Crippen molar-refractivity contribution in [2.24, 2.45) is 0 Å². The number of aromatic nitrogens is 2. The predicted molar refractivity (Wildman–Crippen MR) is 80.2 cm³/mol. The Balaban J connectivity index is 2.50. The van der Waals surface area contributed by atoms with Crippen LogP contribution >= 0.6 is 35.0 Å². The van der Waals surface area contributed by atoms with Gasteiger partial charge in [-0.3, -0.25) is 0 Å². The van der Waals surface area contributed by atoms with Gasteiger partial charge in [0.25, 0.3) is 0 Å². The summed E-state index contributed by atoms with van der Waals surface area (Å²) in [5.41, 5.74) is 0.536. The Kier molecular flexibility index (Phi) is 4.50. The molecule has 0 aliphatic rings. The number of H-pyrrole nitrogens is 1. The second-order valence-electron chi connectivity index (χ2n) is 3.94. The standard InChI is InChI=1S/C12H12Cl2N2O2S/c1-19-3-2-10-11(17)16(12(18)15-10)9-5-7(13)4-8(14)6-9/h4-6,17H,2-3H2,1H3,(H,15,18). The lowest BCUT2D eigenvalue weighted by Gasteiger charge is -2.05. The highest BCUT2D eigenvalue weighted by Gasteiger charge is 2.15. The quantitative estimate of drug-likeness (QED) is 0.910. The SMILES string of the molecule is CSCCc1[nH]c(=O)n(-c2cc(Cl)cc(Cl)c2)c1O. The van der Waals surface area contributed by atoms with E-state index in [-0.39, 0.29) is 5.88 Å². The molecule has 0 saturated carbocycles. The molecule has 2 N–H and O–H groups in total. The van der Waals surface area contributed by atoms with E-state index in [0.29, 0.717) is 27.8 Å². The number of imidazole rings is 1. The molecule has 2 rings (SSSR count). The highest BCUT2D eigenvalue weighted by Crippen LogP contribution is 2.25. The number of halogens is 2. The zero-order valence-electron chi connectivity index (χ0n) is 10.1. The van der Waals surface area contributed by atoms with Crippen LogP contribution in [-0.4, -0.2) is 26.7 Å². The molecule has 0 aliphatic heterocycles. The molecule has 0 aliphatic carbocycles. The molecule has 0 atom stereocenters. The van der Waals surface area contributed by atoms with E-state index in [1.165, 1.54) is 0 Å². The molecule has 102 valence electrons. The van der Waals surface area contributed by atoms with Crippen LogP contribution < -0.4 is 5.69 Å². The zero-order chi connectivity index (χ0) is 14.0. The van der Waals surface area contributed by atoms with E-state index in [0.717, 1.165) is 10.3 Å². The molecule has 0 spiro atoms. The maximum Gasteiger partial charge on any atom is 0.333 e. The summed E-state index contributed by atoms with van der Waals surface area (Å²) < 4.78 is 1.16. The van der Waals surface area contributed by atoms with Crippen molar-refractivity contribution in [3.05, 3.63) is 44.4 Å². The third-order valence-corrected chi connectivity index (χ3v) is 3.65. The van der Waals surface area contributed by atoms with Crippen molar-refractivity contribution >= 4 is 35.0 Å². The smallest absolute Gasteiger partial charge is 0.333 e. The Hall–Kier alpha value is -1.04. The summed E-state index contributed by atoms with van der Waals surface area (Å²) in [5, 5.41) is 10.9. The predicted octanol–water partition coefficient (Wildman–Crippen LogP) is 3.08. The Bertz CT molecular complexity index is 631. The average Bonchev–Trinajstić information content (AvgIpc) is 2.60. The summed E-state index contributed by atoms with van der Waals surface area (Å²) in [6.45, 7) is 0. The van der Waals surface area contributed by atoms with Crippen LogP contribution in [0.1, 0.15) is 5.69 Å². The molecule has 0 fully saturated rings. The summed E-state index contributed by atoms with van der Waals surface area (Å²) in [7, 11) is 0. The molecule has 19 heavy (non-hydrogen) atoms. The Morgan fingerprint density at radius 2 is 1.95 bits per heavy atom. The Morgan fingerprint density at radius 3 is 2.53 bits per heavy atom. The highest BCUT2D eigenvalue weighted by atomic mass is 35.5. The molecule has 0 unspecified atom stereocenters. The number of aromatic amines is 1. The molecule has 7 heteroatoms. The number of nitrogens with one attached hydrogen (secondary N) is 1. The van der Waals surface area contributed by atoms with Crippen LogP contribution in [0.3, 0.4) is 0 Å². The van der Waals surface area contributed by atoms with Gasteiger partial charge in [-0.15, -0.1) is 0 Å². The third kappa shape index (κ3) is 3.11. The number of hydrogen-bond donors (Lipinski definition) is 2. The van der Waals surface area contributed by atoms with Gasteiger partial charge >= 0.3 is 5.69 Å². The minimum atomic E-state index is -0.410. The van der Waals surface area contributed by atoms with Gasteiger partial charge in [0, 0.05) is 16.5 Å². The van der Waals surface area contributed by atoms with Crippen molar-refractivity contribution in [3.63, 3.8) is 0 Å². The van der Waals surface area contributed by atoms with E-state index in [1.54, 1.807) is 30.0 Å². The third-order valence-electron chi connectivity index (χ3n) is 2.60. The number of nitrogens with zero attached hydrogens (tertiary/aromatic N) is 1. The fraction of sp³-hybridized carbons (Fsp3) is 0.250. The van der Waals surface area contributed by atoms with Crippen LogP contribution in [0.25, 0.3) is 5.69 Å². The monoisotopic (exact) mass is 318 g/mol. The van der Waals surface area contributed by atoms with Gasteiger partial charge in [0.05, 0.1) is 11.4 Å². The van der Waals surface area contributed by atoms with Crippen LogP contribution in [0.5, 0.6) is 5.88 Å². The van der Waals surface area contributed by atoms with Crippen molar-refractivity contribution in [2.75, 3.05) is 12.0 Å². The summed E-state index contributed by atoms with van der Waals surface area (Å²) in [6.07, 6.45) is 2.55. The first kappa shape index (κ1) is 14.4. The van der Waals surface area contributed by atoms with Crippen molar-refractivity contribution in [1.29, 1.82) is 0 Å². The first-order valence-electron chi connectivity index (χ1n) is 5.51. The van der Waals surface area contributed by atoms with Gasteiger partial charge in [-0.25, -0.2) is 9.36 Å². The maximum absolute atomic E-state index is 11.9. The molecule has 2 aromatic rings. The topological polar surface area (TPSA) is 58.0 Å². The van der Waals surface area contributed by atoms with Crippen LogP contribution in [0, 0.1) is 0 Å². The van der Waals surface area contributed by atoms with Gasteiger partial charge in [0.15, 0.2) is 0 Å². The maximum atomic E-state index is 11.9. The lowest BCUT2D eigenvalue weighted by atomic mass is 10.3. The Morgan fingerprint density at radius 1 is 1.32 bits per heavy atom. The van der Waals surface area contributed by atoms with E-state index in [9.17, 15) is 9.90 Å². The van der Waals surface area contributed by atoms with Gasteiger partial charge < -0.3 is 10.1 Å². The second kappa shape index (κ2) is 5.94. The summed E-state index contributed by atoms with van der Waals surface area (Å²) in [4.78, 5) is 14.5. The van der Waals surface area contributed by atoms with Gasteiger partial charge in [0.1, 0.15) is 0 Å². The summed E-state index contributed by atoms with van der Waals surface area (Å²) >= 11 is 13.4. The van der Waals surface area contributed by atoms with Crippen molar-refractivity contribution in [1.82, 2.24) is 9.55 Å². The normalized spacial score (nSPS) is 10.9. The molecular weight excluding hydrogens is 307 g/mol. The minimum Gasteiger partial charge on any atom is -0.493 e. The zero-order valence-corrected chi connectivity index (χ0v) is 12.4. The van der Waals surface area contributed by atoms with E-state index in [2.05, 4.69) is 4.98 Å². The van der Waals surface area contributed by atoms with Gasteiger partial charge in [-0.1, -0.05) is 23.2 Å². The molecule has 0 radical (unpaired) electrons. The van der Waals surface area contributed by atoms with Crippen LogP contribution in [0.15, 0.2) is 23.0 Å². The fourth-order valence-corrected chi connectivity index (χ4v) is 2.68. The van der Waals surface area contributed by atoms with Crippen molar-refractivity contribution < 1.29 is 5.11 Å². The molecule has 0 saturated heterocycles. The van der Waals surface area contributed by atoms with Crippen LogP contribution in [0.2, 0.25) is 10.0 Å². The number of aryl methyl sites for hydroxylation is 1. The number of rotatable bonds is 4.